The molecule has 0 aliphatic carbocycles. The van der Waals surface area contributed by atoms with Crippen LogP contribution in [0.2, 0.25) is 0 Å². The van der Waals surface area contributed by atoms with Crippen LogP contribution in [0, 0.1) is 18.8 Å². The van der Waals surface area contributed by atoms with Crippen LogP contribution in [0.1, 0.15) is 11.1 Å². The number of hydrogen-bond donors (Lipinski definition) is 2. The van der Waals surface area contributed by atoms with E-state index in [2.05, 4.69) is 16.6 Å². The number of aliphatic hydroxyl groups excluding tert-OH is 1. The summed E-state index contributed by atoms with van der Waals surface area (Å²) in [4.78, 5) is 0. The maximum Gasteiger partial charge on any atom is 0.234 e. The second-order valence-corrected chi connectivity index (χ2v) is 5.75. The lowest BCUT2D eigenvalue weighted by atomic mass is 10.1. The fraction of sp³-hybridized carbons (Fsp3) is 0.385. The van der Waals surface area contributed by atoms with Gasteiger partial charge in [-0.15, -0.1) is 0 Å². The molecule has 0 heterocycles. The predicted molar refractivity (Wildman–Crippen MR) is 74.4 cm³/mol. The molecule has 19 heavy (non-hydrogen) atoms. The van der Waals surface area contributed by atoms with Crippen LogP contribution in [0.15, 0.2) is 18.2 Å². The lowest BCUT2D eigenvalue weighted by molar-refractivity contribution is 0.217. The molecule has 0 aromatic heterocycles. The number of anilines is 1. The summed E-state index contributed by atoms with van der Waals surface area (Å²) in [6.45, 7) is 1.77. The number of hydrogen-bond acceptors (Lipinski definition) is 4. The highest BCUT2D eigenvalue weighted by Gasteiger charge is 2.10. The Morgan fingerprint density at radius 1 is 1.42 bits per heavy atom. The Bertz CT molecular complexity index is 584. The predicted octanol–water partition coefficient (Wildman–Crippen LogP) is 0.727. The fourth-order valence-electron chi connectivity index (χ4n) is 1.38. The molecular formula is C13H17NO4S. The topological polar surface area (TPSA) is 75.6 Å². The first-order valence-corrected chi connectivity index (χ1v) is 7.33. The third-order valence-corrected chi connectivity index (χ3v) is 3.62. The molecule has 6 heteroatoms. The number of benzene rings is 1. The normalized spacial score (nSPS) is 10.7. The van der Waals surface area contributed by atoms with Gasteiger partial charge in [0.25, 0.3) is 0 Å². The Morgan fingerprint density at radius 2 is 2.16 bits per heavy atom. The van der Waals surface area contributed by atoms with Crippen molar-refractivity contribution in [2.45, 2.75) is 6.92 Å². The maximum absolute atomic E-state index is 11.7. The van der Waals surface area contributed by atoms with Crippen LogP contribution in [0.4, 0.5) is 5.69 Å². The number of methoxy groups -OCH3 is 1. The Kier molecular flexibility index (Phi) is 5.83. The Hall–Kier alpha value is -1.55. The standard InChI is InChI=1S/C13H17NO4S/c1-11-5-6-13(10-12(11)4-3-7-15)14-19(16,17)9-8-18-2/h5-6,10,14-15H,7-9H2,1-2H3. The van der Waals surface area contributed by atoms with E-state index in [9.17, 15) is 8.42 Å². The summed E-state index contributed by atoms with van der Waals surface area (Å²) in [5.41, 5.74) is 2.05. The molecule has 0 atom stereocenters. The zero-order valence-electron chi connectivity index (χ0n) is 10.9. The molecule has 0 fully saturated rings. The van der Waals surface area contributed by atoms with E-state index >= 15 is 0 Å². The SMILES string of the molecule is COCCS(=O)(=O)Nc1ccc(C)c(C#CCO)c1. The third kappa shape index (κ3) is 5.30. The molecule has 0 spiro atoms. The molecule has 1 rings (SSSR count). The van der Waals surface area contributed by atoms with Gasteiger partial charge in [0.15, 0.2) is 0 Å². The smallest absolute Gasteiger partial charge is 0.234 e. The van der Waals surface area contributed by atoms with Crippen molar-refractivity contribution in [3.8, 4) is 11.8 Å². The summed E-state index contributed by atoms with van der Waals surface area (Å²) in [6, 6.07) is 5.09. The molecule has 0 aliphatic rings. The highest BCUT2D eigenvalue weighted by atomic mass is 32.2. The van der Waals surface area contributed by atoms with Gasteiger partial charge in [-0.05, 0) is 24.6 Å². The Morgan fingerprint density at radius 3 is 2.79 bits per heavy atom. The molecular weight excluding hydrogens is 266 g/mol. The minimum absolute atomic E-state index is 0.102. The Balaban J connectivity index is 2.91. The summed E-state index contributed by atoms with van der Waals surface area (Å²) in [7, 11) is -1.97. The molecule has 0 unspecified atom stereocenters. The molecule has 0 saturated carbocycles. The molecule has 0 radical (unpaired) electrons. The molecule has 2 N–H and O–H groups in total. The van der Waals surface area contributed by atoms with Gasteiger partial charge < -0.3 is 9.84 Å². The van der Waals surface area contributed by atoms with E-state index in [0.717, 1.165) is 5.56 Å². The van der Waals surface area contributed by atoms with E-state index in [1.165, 1.54) is 7.11 Å². The highest BCUT2D eigenvalue weighted by molar-refractivity contribution is 7.92. The van der Waals surface area contributed by atoms with Crippen molar-refractivity contribution >= 4 is 15.7 Å². The van der Waals surface area contributed by atoms with Gasteiger partial charge in [-0.3, -0.25) is 4.72 Å². The van der Waals surface area contributed by atoms with Crippen LogP contribution in [0.25, 0.3) is 0 Å². The molecule has 0 bridgehead atoms. The second-order valence-electron chi connectivity index (χ2n) is 3.90. The quantitative estimate of drug-likeness (QED) is 0.781. The zero-order chi connectivity index (χ0) is 14.3. The number of aliphatic hydroxyl groups is 1. The average molecular weight is 283 g/mol. The highest BCUT2D eigenvalue weighted by Crippen LogP contribution is 2.15. The van der Waals surface area contributed by atoms with Crippen molar-refractivity contribution in [3.63, 3.8) is 0 Å². The fourth-order valence-corrected chi connectivity index (χ4v) is 2.35. The second kappa shape index (κ2) is 7.14. The number of rotatable bonds is 5. The van der Waals surface area contributed by atoms with Gasteiger partial charge in [-0.1, -0.05) is 17.9 Å². The van der Waals surface area contributed by atoms with Gasteiger partial charge in [0, 0.05) is 18.4 Å². The lowest BCUT2D eigenvalue weighted by Gasteiger charge is -2.09. The molecule has 0 amide bonds. The molecule has 104 valence electrons. The molecule has 5 nitrogen and oxygen atoms in total. The van der Waals surface area contributed by atoms with E-state index in [-0.39, 0.29) is 19.0 Å². The van der Waals surface area contributed by atoms with Gasteiger partial charge in [-0.25, -0.2) is 8.42 Å². The third-order valence-electron chi connectivity index (χ3n) is 2.37. The summed E-state index contributed by atoms with van der Waals surface area (Å²) in [5, 5.41) is 8.67. The Labute approximate surface area is 113 Å². The van der Waals surface area contributed by atoms with Gasteiger partial charge >= 0.3 is 0 Å². The first-order valence-electron chi connectivity index (χ1n) is 5.68. The van der Waals surface area contributed by atoms with Gasteiger partial charge in [0.2, 0.25) is 10.0 Å². The van der Waals surface area contributed by atoms with Crippen LogP contribution in [-0.2, 0) is 14.8 Å². The van der Waals surface area contributed by atoms with Crippen molar-refractivity contribution in [2.24, 2.45) is 0 Å². The number of sulfonamides is 1. The van der Waals surface area contributed by atoms with Crippen LogP contribution in [-0.4, -0.2) is 39.6 Å². The van der Waals surface area contributed by atoms with Crippen LogP contribution >= 0.6 is 0 Å². The first kappa shape index (κ1) is 15.5. The summed E-state index contributed by atoms with van der Waals surface area (Å²) in [5.74, 6) is 5.21. The van der Waals surface area contributed by atoms with Crippen molar-refractivity contribution in [2.75, 3.05) is 30.8 Å². The van der Waals surface area contributed by atoms with E-state index in [1.807, 2.05) is 6.92 Å². The van der Waals surface area contributed by atoms with E-state index in [0.29, 0.717) is 11.3 Å². The number of ether oxygens (including phenoxy) is 1. The number of aryl methyl sites for hydroxylation is 1. The van der Waals surface area contributed by atoms with Crippen molar-refractivity contribution < 1.29 is 18.3 Å². The molecule has 0 saturated heterocycles. The van der Waals surface area contributed by atoms with Crippen LogP contribution in [0.5, 0.6) is 0 Å². The largest absolute Gasteiger partial charge is 0.384 e. The van der Waals surface area contributed by atoms with Gasteiger partial charge in [0.1, 0.15) is 6.61 Å². The number of nitrogens with one attached hydrogen (secondary N) is 1. The molecule has 1 aromatic carbocycles. The summed E-state index contributed by atoms with van der Waals surface area (Å²) < 4.78 is 30.6. The van der Waals surface area contributed by atoms with Crippen molar-refractivity contribution in [1.82, 2.24) is 0 Å². The molecule has 0 aliphatic heterocycles. The van der Waals surface area contributed by atoms with E-state index in [1.54, 1.807) is 18.2 Å². The van der Waals surface area contributed by atoms with E-state index in [4.69, 9.17) is 9.84 Å². The monoisotopic (exact) mass is 283 g/mol. The average Bonchev–Trinajstić information content (AvgIpc) is 2.37. The lowest BCUT2D eigenvalue weighted by Crippen LogP contribution is -2.19. The van der Waals surface area contributed by atoms with Crippen LogP contribution < -0.4 is 4.72 Å². The minimum Gasteiger partial charge on any atom is -0.384 e. The zero-order valence-corrected chi connectivity index (χ0v) is 11.8. The van der Waals surface area contributed by atoms with Crippen molar-refractivity contribution in [1.29, 1.82) is 0 Å². The summed E-state index contributed by atoms with van der Waals surface area (Å²) in [6.07, 6.45) is 0. The first-order chi connectivity index (χ1) is 8.98. The van der Waals surface area contributed by atoms with Gasteiger partial charge in [0.05, 0.1) is 12.4 Å². The minimum atomic E-state index is -3.42. The molecule has 1 aromatic rings. The van der Waals surface area contributed by atoms with Crippen LogP contribution in [0.3, 0.4) is 0 Å². The van der Waals surface area contributed by atoms with Crippen molar-refractivity contribution in [3.05, 3.63) is 29.3 Å². The van der Waals surface area contributed by atoms with Gasteiger partial charge in [-0.2, -0.15) is 0 Å². The van der Waals surface area contributed by atoms with E-state index < -0.39 is 10.0 Å². The summed E-state index contributed by atoms with van der Waals surface area (Å²) >= 11 is 0. The maximum atomic E-state index is 11.7.